The molecule has 2 aliphatic heterocycles. The van der Waals surface area contributed by atoms with Crippen LogP contribution in [0.4, 0.5) is 0 Å². The molecule has 0 saturated carbocycles. The van der Waals surface area contributed by atoms with Crippen molar-refractivity contribution in [3.8, 4) is 0 Å². The Hall–Kier alpha value is -2.40. The molecule has 0 amide bonds. The second-order valence-corrected chi connectivity index (χ2v) is 8.40. The number of hydrogen-bond donors (Lipinski definition) is 0. The first kappa shape index (κ1) is 21.3. The van der Waals surface area contributed by atoms with Gasteiger partial charge in [-0.2, -0.15) is 0 Å². The molecular formula is C23H25ClO5. The predicted octanol–water partition coefficient (Wildman–Crippen LogP) is 4.55. The summed E-state index contributed by atoms with van der Waals surface area (Å²) in [4.78, 5) is 37.3. The largest absolute Gasteiger partial charge is 0.465 e. The normalized spacial score (nSPS) is 30.3. The van der Waals surface area contributed by atoms with E-state index in [-0.39, 0.29) is 10.8 Å². The van der Waals surface area contributed by atoms with E-state index in [1.165, 1.54) is 20.1 Å². The Labute approximate surface area is 175 Å². The molecule has 0 spiro atoms. The van der Waals surface area contributed by atoms with E-state index >= 15 is 0 Å². The van der Waals surface area contributed by atoms with Gasteiger partial charge in [0.15, 0.2) is 5.60 Å². The fourth-order valence-corrected chi connectivity index (χ4v) is 4.35. The van der Waals surface area contributed by atoms with Crippen molar-refractivity contribution < 1.29 is 23.9 Å². The molecule has 3 rings (SSSR count). The van der Waals surface area contributed by atoms with E-state index in [2.05, 4.69) is 19.9 Å². The fourth-order valence-electron chi connectivity index (χ4n) is 4.00. The number of carbonyl (C=O) groups is 3. The average molecular weight is 417 g/mol. The first-order valence-electron chi connectivity index (χ1n) is 9.73. The van der Waals surface area contributed by atoms with Gasteiger partial charge in [-0.05, 0) is 38.8 Å². The van der Waals surface area contributed by atoms with Gasteiger partial charge in [0.2, 0.25) is 5.78 Å². The zero-order valence-corrected chi connectivity index (χ0v) is 18.0. The van der Waals surface area contributed by atoms with Crippen LogP contribution < -0.4 is 0 Å². The van der Waals surface area contributed by atoms with Crippen molar-refractivity contribution in [1.29, 1.82) is 0 Å². The van der Waals surface area contributed by atoms with Gasteiger partial charge in [-0.25, -0.2) is 0 Å². The highest BCUT2D eigenvalue weighted by atomic mass is 35.5. The number of halogens is 1. The SMILES string of the molecule is CCC(C)/C=C(C)/C=C/C1=CC2=C(Cl)C(=O)C3(C)OC(=O)C(C(C)=O)C3C2=CO1. The molecule has 0 N–H and O–H groups in total. The Balaban J connectivity index is 1.98. The van der Waals surface area contributed by atoms with Crippen molar-refractivity contribution in [1.82, 2.24) is 0 Å². The number of allylic oxidation sites excluding steroid dienone is 6. The third-order valence-electron chi connectivity index (χ3n) is 5.77. The second kappa shape index (κ2) is 7.79. The highest BCUT2D eigenvalue weighted by Gasteiger charge is 2.63. The van der Waals surface area contributed by atoms with Crippen LogP contribution in [0.5, 0.6) is 0 Å². The lowest BCUT2D eigenvalue weighted by molar-refractivity contribution is -0.156. The van der Waals surface area contributed by atoms with Crippen LogP contribution in [0.25, 0.3) is 0 Å². The predicted molar refractivity (Wildman–Crippen MR) is 110 cm³/mol. The van der Waals surface area contributed by atoms with E-state index in [9.17, 15) is 14.4 Å². The minimum Gasteiger partial charge on any atom is -0.465 e. The average Bonchev–Trinajstić information content (AvgIpc) is 2.96. The Bertz CT molecular complexity index is 933. The summed E-state index contributed by atoms with van der Waals surface area (Å²) in [5.41, 5.74) is 0.600. The number of carbonyl (C=O) groups excluding carboxylic acids is 3. The number of hydrogen-bond acceptors (Lipinski definition) is 5. The van der Waals surface area contributed by atoms with Crippen molar-refractivity contribution in [2.24, 2.45) is 17.8 Å². The van der Waals surface area contributed by atoms with E-state index in [1.54, 1.807) is 12.2 Å². The van der Waals surface area contributed by atoms with Gasteiger partial charge in [0, 0.05) is 11.1 Å². The molecule has 3 aliphatic rings. The molecule has 0 aromatic carbocycles. The summed E-state index contributed by atoms with van der Waals surface area (Å²) in [6, 6.07) is 0. The maximum absolute atomic E-state index is 12.9. The minimum absolute atomic E-state index is 0.0203. The van der Waals surface area contributed by atoms with Crippen molar-refractivity contribution >= 4 is 29.1 Å². The maximum Gasteiger partial charge on any atom is 0.318 e. The summed E-state index contributed by atoms with van der Waals surface area (Å²) in [5.74, 6) is -2.37. The van der Waals surface area contributed by atoms with Crippen molar-refractivity contribution in [2.75, 3.05) is 0 Å². The van der Waals surface area contributed by atoms with Gasteiger partial charge in [-0.15, -0.1) is 0 Å². The van der Waals surface area contributed by atoms with E-state index < -0.39 is 29.2 Å². The highest BCUT2D eigenvalue weighted by Crippen LogP contribution is 2.52. The van der Waals surface area contributed by atoms with Crippen molar-refractivity contribution in [3.05, 3.63) is 58.1 Å². The van der Waals surface area contributed by atoms with Crippen LogP contribution in [-0.2, 0) is 23.9 Å². The smallest absolute Gasteiger partial charge is 0.318 e. The van der Waals surface area contributed by atoms with Gasteiger partial charge in [0.25, 0.3) is 0 Å². The van der Waals surface area contributed by atoms with Crippen LogP contribution >= 0.6 is 11.6 Å². The van der Waals surface area contributed by atoms with Crippen LogP contribution in [0, 0.1) is 17.8 Å². The molecule has 5 nitrogen and oxygen atoms in total. The molecule has 4 atom stereocenters. The fraction of sp³-hybridized carbons (Fsp3) is 0.435. The molecular weight excluding hydrogens is 392 g/mol. The van der Waals surface area contributed by atoms with Crippen molar-refractivity contribution in [2.45, 2.75) is 46.6 Å². The molecule has 0 aromatic heterocycles. The van der Waals surface area contributed by atoms with Crippen LogP contribution in [0.3, 0.4) is 0 Å². The van der Waals surface area contributed by atoms with Gasteiger partial charge in [0.1, 0.15) is 17.5 Å². The molecule has 154 valence electrons. The van der Waals surface area contributed by atoms with Crippen molar-refractivity contribution in [3.63, 3.8) is 0 Å². The zero-order chi connectivity index (χ0) is 21.5. The van der Waals surface area contributed by atoms with Crippen LogP contribution in [0.1, 0.15) is 41.0 Å². The summed E-state index contributed by atoms with van der Waals surface area (Å²) in [5, 5.41) is -0.0203. The highest BCUT2D eigenvalue weighted by molar-refractivity contribution is 6.45. The topological polar surface area (TPSA) is 69.7 Å². The summed E-state index contributed by atoms with van der Waals surface area (Å²) in [6.07, 6.45) is 10.1. The molecule has 2 heterocycles. The zero-order valence-electron chi connectivity index (χ0n) is 17.2. The molecule has 0 aromatic rings. The molecule has 0 radical (unpaired) electrons. The number of ketones is 2. The van der Waals surface area contributed by atoms with Crippen LogP contribution in [-0.4, -0.2) is 23.1 Å². The minimum atomic E-state index is -1.50. The lowest BCUT2D eigenvalue weighted by atomic mass is 9.68. The molecule has 1 aliphatic carbocycles. The van der Waals surface area contributed by atoms with E-state index in [0.29, 0.717) is 22.8 Å². The summed E-state index contributed by atoms with van der Waals surface area (Å²) in [6.45, 7) is 9.11. The summed E-state index contributed by atoms with van der Waals surface area (Å²) in [7, 11) is 0. The Morgan fingerprint density at radius 3 is 2.66 bits per heavy atom. The molecule has 1 fully saturated rings. The van der Waals surface area contributed by atoms with Gasteiger partial charge in [-0.1, -0.05) is 49.6 Å². The van der Waals surface area contributed by atoms with Crippen LogP contribution in [0.2, 0.25) is 0 Å². The lowest BCUT2D eigenvalue weighted by Gasteiger charge is -2.36. The first-order chi connectivity index (χ1) is 13.6. The van der Waals surface area contributed by atoms with Gasteiger partial charge < -0.3 is 9.47 Å². The number of fused-ring (bicyclic) bond motifs is 3. The Morgan fingerprint density at radius 2 is 2.03 bits per heavy atom. The van der Waals surface area contributed by atoms with Crippen LogP contribution in [0.15, 0.2) is 58.1 Å². The third kappa shape index (κ3) is 3.64. The quantitative estimate of drug-likeness (QED) is 0.373. The van der Waals surface area contributed by atoms with Gasteiger partial charge in [-0.3, -0.25) is 14.4 Å². The monoisotopic (exact) mass is 416 g/mol. The number of ether oxygens (including phenoxy) is 2. The van der Waals surface area contributed by atoms with Gasteiger partial charge >= 0.3 is 5.97 Å². The van der Waals surface area contributed by atoms with E-state index in [0.717, 1.165) is 12.0 Å². The molecule has 1 saturated heterocycles. The second-order valence-electron chi connectivity index (χ2n) is 8.02. The van der Waals surface area contributed by atoms with E-state index in [1.807, 2.05) is 13.0 Å². The first-order valence-corrected chi connectivity index (χ1v) is 10.1. The number of rotatable bonds is 5. The Morgan fingerprint density at radius 1 is 1.34 bits per heavy atom. The molecule has 4 unspecified atom stereocenters. The summed E-state index contributed by atoms with van der Waals surface area (Å²) < 4.78 is 11.1. The maximum atomic E-state index is 12.9. The third-order valence-corrected chi connectivity index (χ3v) is 6.15. The number of esters is 1. The molecule has 0 bridgehead atoms. The lowest BCUT2D eigenvalue weighted by Crippen LogP contribution is -2.47. The summed E-state index contributed by atoms with van der Waals surface area (Å²) >= 11 is 6.36. The number of Topliss-reactive ketones (excluding diaryl/α,β-unsaturated/α-hetero) is 2. The Kier molecular flexibility index (Phi) is 5.72. The van der Waals surface area contributed by atoms with E-state index in [4.69, 9.17) is 21.1 Å². The van der Waals surface area contributed by atoms with Gasteiger partial charge in [0.05, 0.1) is 17.2 Å². The molecule has 6 heteroatoms. The standard InChI is InChI=1S/C23H25ClO5/c1-6-12(2)9-13(3)7-8-15-10-16-17(11-28-15)19-18(14(4)25)22(27)29-23(19,5)21(26)20(16)24/h7-12,18-19H,6H2,1-5H3/b8-7+,13-9+. The molecule has 29 heavy (non-hydrogen) atoms.